The van der Waals surface area contributed by atoms with E-state index in [2.05, 4.69) is 4.98 Å². The summed E-state index contributed by atoms with van der Waals surface area (Å²) in [5.74, 6) is 0. The van der Waals surface area contributed by atoms with Gasteiger partial charge in [-0.1, -0.05) is 0 Å². The lowest BCUT2D eigenvalue weighted by atomic mass is 10.3. The van der Waals surface area contributed by atoms with Crippen LogP contribution in [0.1, 0.15) is 5.56 Å². The molecule has 1 aromatic heterocycles. The summed E-state index contributed by atoms with van der Waals surface area (Å²) >= 11 is 0.0601. The van der Waals surface area contributed by atoms with Gasteiger partial charge in [0.05, 0.1) is 0 Å². The van der Waals surface area contributed by atoms with Gasteiger partial charge in [-0.2, -0.15) is 0 Å². The summed E-state index contributed by atoms with van der Waals surface area (Å²) in [6.07, 6.45) is 3.01. The van der Waals surface area contributed by atoms with Crippen molar-refractivity contribution in [1.82, 2.24) is 4.98 Å². The Hall–Kier alpha value is -1.00. The number of hydrogen-bond donors (Lipinski definition) is 1. The summed E-state index contributed by atoms with van der Waals surface area (Å²) < 4.78 is 10.0. The summed E-state index contributed by atoms with van der Waals surface area (Å²) in [6.45, 7) is 0. The zero-order valence-corrected chi connectivity index (χ0v) is 5.84. The quantitative estimate of drug-likeness (QED) is 0.594. The normalized spacial score (nSPS) is 8.90. The van der Waals surface area contributed by atoms with Crippen molar-refractivity contribution in [1.29, 1.82) is 0 Å². The number of hydrogen-bond acceptors (Lipinski definition) is 2. The monoisotopic (exact) mass is 155 g/mol. The van der Waals surface area contributed by atoms with E-state index in [0.29, 0.717) is 5.56 Å². The minimum atomic E-state index is -0.242. The molecule has 0 bridgehead atoms. The van der Waals surface area contributed by atoms with Gasteiger partial charge in [-0.25, -0.2) is 4.21 Å². The molecule has 0 aromatic carbocycles. The standard InChI is InChI=1S/C6H5NO2S/c8-6(10-9)5-2-1-3-7-4-5/h1-4,8H. The van der Waals surface area contributed by atoms with Crippen molar-refractivity contribution in [2.45, 2.75) is 0 Å². The third-order valence-corrected chi connectivity index (χ3v) is 1.38. The lowest BCUT2D eigenvalue weighted by molar-refractivity contribution is 0.568. The molecule has 1 rings (SSSR count). The van der Waals surface area contributed by atoms with Gasteiger partial charge < -0.3 is 5.11 Å². The highest BCUT2D eigenvalue weighted by atomic mass is 32.1. The van der Waals surface area contributed by atoms with E-state index in [1.807, 2.05) is 0 Å². The van der Waals surface area contributed by atoms with Crippen LogP contribution >= 0.6 is 0 Å². The fraction of sp³-hybridized carbons (Fsp3) is 0. The topological polar surface area (TPSA) is 50.2 Å². The Morgan fingerprint density at radius 1 is 1.70 bits per heavy atom. The smallest absolute Gasteiger partial charge is 0.175 e. The summed E-state index contributed by atoms with van der Waals surface area (Å²) in [5.41, 5.74) is 0.461. The van der Waals surface area contributed by atoms with Crippen LogP contribution in [0.25, 0.3) is 0 Å². The van der Waals surface area contributed by atoms with E-state index in [1.165, 1.54) is 6.20 Å². The van der Waals surface area contributed by atoms with Gasteiger partial charge in [0.15, 0.2) is 5.05 Å². The molecule has 0 aliphatic heterocycles. The van der Waals surface area contributed by atoms with Crippen LogP contribution in [0.5, 0.6) is 0 Å². The minimum absolute atomic E-state index is 0.0601. The molecule has 0 spiro atoms. The second kappa shape index (κ2) is 3.24. The summed E-state index contributed by atoms with van der Waals surface area (Å²) in [4.78, 5) is 3.72. The second-order valence-corrected chi connectivity index (χ2v) is 2.18. The van der Waals surface area contributed by atoms with Crippen molar-refractivity contribution in [3.8, 4) is 0 Å². The average molecular weight is 155 g/mol. The van der Waals surface area contributed by atoms with Gasteiger partial charge >= 0.3 is 0 Å². The van der Waals surface area contributed by atoms with Gasteiger partial charge in [0, 0.05) is 18.0 Å². The van der Waals surface area contributed by atoms with Crippen LogP contribution in [0.4, 0.5) is 0 Å². The molecule has 0 saturated carbocycles. The molecule has 0 unspecified atom stereocenters. The second-order valence-electron chi connectivity index (χ2n) is 1.63. The molecule has 0 amide bonds. The summed E-state index contributed by atoms with van der Waals surface area (Å²) in [6, 6.07) is 3.27. The third-order valence-electron chi connectivity index (χ3n) is 0.987. The number of aliphatic hydroxyl groups excluding tert-OH is 1. The lowest BCUT2D eigenvalue weighted by Gasteiger charge is -1.90. The number of nitrogens with zero attached hydrogens (tertiary/aromatic N) is 1. The molecule has 0 aliphatic rings. The number of aromatic nitrogens is 1. The molecule has 1 aromatic rings. The lowest BCUT2D eigenvalue weighted by Crippen LogP contribution is -1.97. The molecule has 0 saturated heterocycles. The molecule has 0 radical (unpaired) electrons. The maximum absolute atomic E-state index is 10.0. The van der Waals surface area contributed by atoms with E-state index < -0.39 is 0 Å². The van der Waals surface area contributed by atoms with Gasteiger partial charge in [0.2, 0.25) is 0 Å². The third kappa shape index (κ3) is 1.49. The van der Waals surface area contributed by atoms with Crippen LogP contribution < -0.4 is 0 Å². The Kier molecular flexibility index (Phi) is 2.30. The predicted molar refractivity (Wildman–Crippen MR) is 39.1 cm³/mol. The minimum Gasteiger partial charge on any atom is -0.349 e. The van der Waals surface area contributed by atoms with E-state index in [-0.39, 0.29) is 16.3 Å². The molecule has 1 N–H and O–H groups in total. The molecule has 3 nitrogen and oxygen atoms in total. The van der Waals surface area contributed by atoms with Crippen LogP contribution in [0.2, 0.25) is 0 Å². The maximum atomic E-state index is 10.0. The molecule has 10 heavy (non-hydrogen) atoms. The van der Waals surface area contributed by atoms with Gasteiger partial charge in [0.25, 0.3) is 0 Å². The molecule has 1 heterocycles. The highest BCUT2D eigenvalue weighted by Crippen LogP contribution is 1.93. The first-order valence-corrected chi connectivity index (χ1v) is 3.35. The van der Waals surface area contributed by atoms with Crippen LogP contribution in [-0.2, 0) is 11.3 Å². The average Bonchev–Trinajstić information content (AvgIpc) is 2.05. The Morgan fingerprint density at radius 3 is 3.00 bits per heavy atom. The van der Waals surface area contributed by atoms with Crippen molar-refractivity contribution in [2.24, 2.45) is 0 Å². The highest BCUT2D eigenvalue weighted by Gasteiger charge is 1.94. The van der Waals surface area contributed by atoms with Crippen LogP contribution in [0, 0.1) is 0 Å². The Bertz CT molecular complexity index is 266. The summed E-state index contributed by atoms with van der Waals surface area (Å²) in [5, 5.41) is 8.61. The molecule has 0 aliphatic carbocycles. The molecule has 52 valence electrons. The maximum Gasteiger partial charge on any atom is 0.175 e. The zero-order valence-electron chi connectivity index (χ0n) is 5.02. The Morgan fingerprint density at radius 2 is 2.50 bits per heavy atom. The van der Waals surface area contributed by atoms with Crippen molar-refractivity contribution in [3.05, 3.63) is 30.1 Å². The first-order valence-electron chi connectivity index (χ1n) is 2.60. The first kappa shape index (κ1) is 7.11. The van der Waals surface area contributed by atoms with E-state index in [9.17, 15) is 4.21 Å². The SMILES string of the molecule is O=S=C(O)c1cccnc1. The van der Waals surface area contributed by atoms with Gasteiger partial charge in [-0.15, -0.1) is 0 Å². The van der Waals surface area contributed by atoms with E-state index in [4.69, 9.17) is 5.11 Å². The molecular weight excluding hydrogens is 150 g/mol. The van der Waals surface area contributed by atoms with Crippen molar-refractivity contribution < 1.29 is 9.32 Å². The number of aliphatic hydroxyl groups is 1. The van der Waals surface area contributed by atoms with Crippen molar-refractivity contribution in [3.63, 3.8) is 0 Å². The fourth-order valence-electron chi connectivity index (χ4n) is 0.537. The number of rotatable bonds is 1. The van der Waals surface area contributed by atoms with E-state index in [0.717, 1.165) is 0 Å². The van der Waals surface area contributed by atoms with E-state index in [1.54, 1.807) is 18.3 Å². The zero-order chi connectivity index (χ0) is 7.40. The Labute approximate surface area is 61.4 Å². The largest absolute Gasteiger partial charge is 0.349 e. The van der Waals surface area contributed by atoms with Gasteiger partial charge in [-0.3, -0.25) is 4.98 Å². The van der Waals surface area contributed by atoms with Gasteiger partial charge in [-0.05, 0) is 12.1 Å². The van der Waals surface area contributed by atoms with Crippen LogP contribution in [0.3, 0.4) is 0 Å². The van der Waals surface area contributed by atoms with Crippen molar-refractivity contribution in [2.75, 3.05) is 0 Å². The molecule has 0 fully saturated rings. The molecule has 4 heteroatoms. The molecular formula is C6H5NO2S. The Balaban J connectivity index is 3.08. The number of pyridine rings is 1. The predicted octanol–water partition coefficient (Wildman–Crippen LogP) is 0.331. The summed E-state index contributed by atoms with van der Waals surface area (Å²) in [7, 11) is 0. The van der Waals surface area contributed by atoms with Crippen LogP contribution in [-0.4, -0.2) is 19.4 Å². The first-order chi connectivity index (χ1) is 4.84. The fourth-order valence-corrected chi connectivity index (χ4v) is 0.754. The van der Waals surface area contributed by atoms with Gasteiger partial charge in [0.1, 0.15) is 11.3 Å². The van der Waals surface area contributed by atoms with E-state index >= 15 is 0 Å². The highest BCUT2D eigenvalue weighted by molar-refractivity contribution is 7.66. The van der Waals surface area contributed by atoms with Crippen LogP contribution in [0.15, 0.2) is 24.5 Å². The molecule has 0 atom stereocenters. The van der Waals surface area contributed by atoms with Crippen molar-refractivity contribution >= 4 is 16.3 Å².